The van der Waals surface area contributed by atoms with E-state index in [1.165, 1.54) is 57.0 Å². The van der Waals surface area contributed by atoms with Crippen LogP contribution in [0.1, 0.15) is 45.4 Å². The van der Waals surface area contributed by atoms with E-state index in [2.05, 4.69) is 49.3 Å². The summed E-state index contributed by atoms with van der Waals surface area (Å²) in [5.41, 5.74) is 0. The van der Waals surface area contributed by atoms with Crippen LogP contribution >= 0.6 is 60.8 Å². The van der Waals surface area contributed by atoms with E-state index >= 15 is 0 Å². The molecule has 0 spiro atoms. The topological polar surface area (TPSA) is 18.5 Å². The fourth-order valence-corrected chi connectivity index (χ4v) is 3.92. The molecular formula is C12H22I2O2S2. The highest BCUT2D eigenvalue weighted by Crippen LogP contribution is 2.32. The Morgan fingerprint density at radius 3 is 2.11 bits per heavy atom. The molecule has 0 aliphatic heterocycles. The Kier molecular flexibility index (Phi) is 11.8. The number of hydrogen-bond acceptors (Lipinski definition) is 4. The summed E-state index contributed by atoms with van der Waals surface area (Å²) < 4.78 is 10.9. The van der Waals surface area contributed by atoms with Gasteiger partial charge in [-0.25, -0.2) is 0 Å². The van der Waals surface area contributed by atoms with E-state index in [0.717, 1.165) is 25.0 Å². The Balaban J connectivity index is 2.18. The maximum Gasteiger partial charge on any atom is 0.0674 e. The van der Waals surface area contributed by atoms with Crippen molar-refractivity contribution in [1.29, 1.82) is 0 Å². The second-order valence-corrected chi connectivity index (χ2v) is 8.15. The first-order valence-corrected chi connectivity index (χ1v) is 13.1. The minimum absolute atomic E-state index is 0.550. The molecule has 0 saturated heterocycles. The highest BCUT2D eigenvalue weighted by atomic mass is 127. The zero-order chi connectivity index (χ0) is 13.2. The van der Waals surface area contributed by atoms with Crippen LogP contribution in [0.15, 0.2) is 0 Å². The van der Waals surface area contributed by atoms with E-state index in [4.69, 9.17) is 8.37 Å². The summed E-state index contributed by atoms with van der Waals surface area (Å²) in [4.78, 5) is 0. The molecule has 1 fully saturated rings. The molecule has 1 aliphatic rings. The Morgan fingerprint density at radius 2 is 1.61 bits per heavy atom. The van der Waals surface area contributed by atoms with Gasteiger partial charge in [0, 0.05) is 48.3 Å². The van der Waals surface area contributed by atoms with Crippen LogP contribution in [0.2, 0.25) is 0 Å². The Hall–Kier alpha value is 2.08. The van der Waals surface area contributed by atoms with Crippen LogP contribution in [0.4, 0.5) is 0 Å². The molecule has 0 heterocycles. The van der Waals surface area contributed by atoms with Crippen LogP contribution in [0.5, 0.6) is 0 Å². The third-order valence-corrected chi connectivity index (χ3v) is 5.79. The van der Waals surface area contributed by atoms with Gasteiger partial charge in [-0.3, -0.25) is 0 Å². The molecule has 108 valence electrons. The van der Waals surface area contributed by atoms with Gasteiger partial charge in [0.1, 0.15) is 0 Å². The summed E-state index contributed by atoms with van der Waals surface area (Å²) >= 11 is 4.36. The van der Waals surface area contributed by atoms with Gasteiger partial charge in [-0.05, 0) is 18.3 Å². The van der Waals surface area contributed by atoms with Gasteiger partial charge in [-0.1, -0.05) is 39.0 Å². The lowest BCUT2D eigenvalue weighted by atomic mass is 9.80. The highest BCUT2D eigenvalue weighted by Gasteiger charge is 2.20. The normalized spacial score (nSPS) is 24.7. The van der Waals surface area contributed by atoms with Crippen molar-refractivity contribution in [2.24, 2.45) is 17.8 Å². The van der Waals surface area contributed by atoms with Gasteiger partial charge in [0.2, 0.25) is 0 Å². The second kappa shape index (κ2) is 11.7. The Bertz CT molecular complexity index is 195. The minimum Gasteiger partial charge on any atom is -0.305 e. The summed E-state index contributed by atoms with van der Waals surface area (Å²) in [6.07, 6.45) is 8.30. The smallest absolute Gasteiger partial charge is 0.0674 e. The van der Waals surface area contributed by atoms with E-state index in [-0.39, 0.29) is 0 Å². The SMILES string of the molecule is CC1CCC(CCC(COSI)COSI)CC1. The van der Waals surface area contributed by atoms with Crippen molar-refractivity contribution >= 4 is 60.8 Å². The monoisotopic (exact) mass is 516 g/mol. The molecule has 6 heteroatoms. The summed E-state index contributed by atoms with van der Waals surface area (Å²) in [5, 5.41) is 0. The quantitative estimate of drug-likeness (QED) is 0.267. The summed E-state index contributed by atoms with van der Waals surface area (Å²) in [7, 11) is 2.86. The predicted molar refractivity (Wildman–Crippen MR) is 99.0 cm³/mol. The lowest BCUT2D eigenvalue weighted by molar-refractivity contribution is 0.185. The van der Waals surface area contributed by atoms with Gasteiger partial charge in [-0.15, -0.1) is 0 Å². The van der Waals surface area contributed by atoms with E-state index in [9.17, 15) is 0 Å². The van der Waals surface area contributed by atoms with Crippen molar-refractivity contribution < 1.29 is 8.37 Å². The molecule has 1 aliphatic carbocycles. The molecule has 18 heavy (non-hydrogen) atoms. The first kappa shape index (κ1) is 18.1. The molecule has 0 aromatic heterocycles. The predicted octanol–water partition coefficient (Wildman–Crippen LogP) is 6.24. The minimum atomic E-state index is 0.550. The van der Waals surface area contributed by atoms with Gasteiger partial charge in [0.15, 0.2) is 0 Å². The maximum atomic E-state index is 5.46. The van der Waals surface area contributed by atoms with E-state index in [1.54, 1.807) is 0 Å². The fraction of sp³-hybridized carbons (Fsp3) is 1.00. The highest BCUT2D eigenvalue weighted by molar-refractivity contribution is 14.2. The largest absolute Gasteiger partial charge is 0.305 e. The Morgan fingerprint density at radius 1 is 1.06 bits per heavy atom. The lowest BCUT2D eigenvalue weighted by Gasteiger charge is -2.27. The van der Waals surface area contributed by atoms with Crippen molar-refractivity contribution in [3.05, 3.63) is 0 Å². The van der Waals surface area contributed by atoms with Crippen molar-refractivity contribution in [2.75, 3.05) is 13.2 Å². The van der Waals surface area contributed by atoms with Gasteiger partial charge < -0.3 is 8.37 Å². The van der Waals surface area contributed by atoms with Crippen LogP contribution in [-0.2, 0) is 8.37 Å². The Labute approximate surface area is 144 Å². The summed E-state index contributed by atoms with van der Waals surface area (Å²) in [5.74, 6) is 2.45. The molecule has 0 bridgehead atoms. The molecule has 1 rings (SSSR count). The fourth-order valence-electron chi connectivity index (χ4n) is 2.55. The van der Waals surface area contributed by atoms with Crippen molar-refractivity contribution in [3.63, 3.8) is 0 Å². The van der Waals surface area contributed by atoms with Crippen LogP contribution in [0, 0.1) is 17.8 Å². The van der Waals surface area contributed by atoms with Gasteiger partial charge in [0.25, 0.3) is 0 Å². The molecule has 0 aromatic carbocycles. The second-order valence-electron chi connectivity index (χ2n) is 5.26. The summed E-state index contributed by atoms with van der Waals surface area (Å²) in [6.45, 7) is 4.01. The maximum absolute atomic E-state index is 5.46. The standard InChI is InChI=1S/C12H22I2O2S2/c1-10-2-4-11(5-3-10)6-7-12(8-15-17-13)9-16-18-14/h10-12H,2-9H2,1H3. The van der Waals surface area contributed by atoms with E-state index in [0.29, 0.717) is 5.92 Å². The van der Waals surface area contributed by atoms with Crippen LogP contribution in [-0.4, -0.2) is 13.2 Å². The number of hydrogen-bond donors (Lipinski definition) is 0. The molecule has 1 saturated carbocycles. The third kappa shape index (κ3) is 8.39. The molecule has 0 radical (unpaired) electrons. The first-order chi connectivity index (χ1) is 8.76. The molecule has 0 atom stereocenters. The molecule has 0 aromatic rings. The van der Waals surface area contributed by atoms with Crippen molar-refractivity contribution in [3.8, 4) is 0 Å². The van der Waals surface area contributed by atoms with Crippen molar-refractivity contribution in [1.82, 2.24) is 0 Å². The van der Waals surface area contributed by atoms with E-state index < -0.39 is 0 Å². The zero-order valence-corrected chi connectivity index (χ0v) is 16.7. The van der Waals surface area contributed by atoms with Gasteiger partial charge >= 0.3 is 0 Å². The van der Waals surface area contributed by atoms with Gasteiger partial charge in [-0.2, -0.15) is 0 Å². The summed E-state index contributed by atoms with van der Waals surface area (Å²) in [6, 6.07) is 0. The molecular weight excluding hydrogens is 494 g/mol. The molecule has 2 nitrogen and oxygen atoms in total. The zero-order valence-electron chi connectivity index (χ0n) is 10.8. The lowest BCUT2D eigenvalue weighted by Crippen LogP contribution is -2.17. The average Bonchev–Trinajstić information content (AvgIpc) is 2.40. The average molecular weight is 516 g/mol. The molecule has 0 unspecified atom stereocenters. The van der Waals surface area contributed by atoms with Crippen LogP contribution < -0.4 is 0 Å². The van der Waals surface area contributed by atoms with Crippen LogP contribution in [0.25, 0.3) is 0 Å². The third-order valence-electron chi connectivity index (χ3n) is 3.82. The van der Waals surface area contributed by atoms with E-state index in [1.807, 2.05) is 0 Å². The van der Waals surface area contributed by atoms with Gasteiger partial charge in [0.05, 0.1) is 31.6 Å². The first-order valence-electron chi connectivity index (χ1n) is 6.56. The number of halogens is 2. The van der Waals surface area contributed by atoms with Crippen molar-refractivity contribution in [2.45, 2.75) is 45.4 Å². The van der Waals surface area contributed by atoms with Crippen LogP contribution in [0.3, 0.4) is 0 Å². The molecule has 0 amide bonds. The number of rotatable bonds is 9. The molecule has 0 N–H and O–H groups in total.